The third kappa shape index (κ3) is 3.33. The fraction of sp³-hybridized carbons (Fsp3) is 0.133. The van der Waals surface area contributed by atoms with E-state index in [9.17, 15) is 10.0 Å². The van der Waals surface area contributed by atoms with Gasteiger partial charge in [-0.2, -0.15) is 0 Å². The summed E-state index contributed by atoms with van der Waals surface area (Å²) < 4.78 is 5.64. The average Bonchev–Trinajstić information content (AvgIpc) is 2.45. The lowest BCUT2D eigenvalue weighted by molar-refractivity contribution is -0.0377. The first-order chi connectivity index (χ1) is 9.18. The van der Waals surface area contributed by atoms with Crippen LogP contribution in [0.1, 0.15) is 15.9 Å². The van der Waals surface area contributed by atoms with Gasteiger partial charge in [0.05, 0.1) is 5.56 Å². The van der Waals surface area contributed by atoms with Crippen LogP contribution in [0.3, 0.4) is 0 Å². The van der Waals surface area contributed by atoms with Gasteiger partial charge in [0.2, 0.25) is 0 Å². The Hall–Kier alpha value is -2.33. The lowest BCUT2D eigenvalue weighted by Gasteiger charge is -2.13. The van der Waals surface area contributed by atoms with Crippen molar-refractivity contribution >= 4 is 5.91 Å². The van der Waals surface area contributed by atoms with Crippen LogP contribution in [0.4, 0.5) is 0 Å². The maximum atomic E-state index is 11.8. The number of hydroxylamine groups is 2. The molecule has 2 rings (SSSR count). The first-order valence-electron chi connectivity index (χ1n) is 5.91. The molecule has 0 unspecified atom stereocenters. The van der Waals surface area contributed by atoms with Crippen molar-refractivity contribution in [1.29, 1.82) is 0 Å². The smallest absolute Gasteiger partial charge is 0.280 e. The van der Waals surface area contributed by atoms with Crippen LogP contribution in [-0.4, -0.2) is 23.2 Å². The number of rotatable bonds is 4. The molecule has 4 nitrogen and oxygen atoms in total. The van der Waals surface area contributed by atoms with Gasteiger partial charge in [-0.3, -0.25) is 10.0 Å². The molecule has 0 heterocycles. The minimum Gasteiger partial charge on any atom is -0.488 e. The van der Waals surface area contributed by atoms with Gasteiger partial charge in [-0.1, -0.05) is 42.5 Å². The van der Waals surface area contributed by atoms with Gasteiger partial charge in [0.25, 0.3) is 5.91 Å². The van der Waals surface area contributed by atoms with E-state index in [1.807, 2.05) is 30.3 Å². The molecule has 2 aromatic carbocycles. The predicted molar refractivity (Wildman–Crippen MR) is 71.1 cm³/mol. The van der Waals surface area contributed by atoms with Crippen LogP contribution in [0.15, 0.2) is 54.6 Å². The SMILES string of the molecule is CN(O)C(=O)c1ccccc1OCc1ccccc1. The zero-order valence-corrected chi connectivity index (χ0v) is 10.6. The van der Waals surface area contributed by atoms with Gasteiger partial charge in [0, 0.05) is 7.05 Å². The summed E-state index contributed by atoms with van der Waals surface area (Å²) in [6.07, 6.45) is 0. The zero-order valence-electron chi connectivity index (χ0n) is 10.6. The minimum atomic E-state index is -0.497. The van der Waals surface area contributed by atoms with Gasteiger partial charge >= 0.3 is 0 Å². The van der Waals surface area contributed by atoms with Crippen molar-refractivity contribution in [2.75, 3.05) is 7.05 Å². The van der Waals surface area contributed by atoms with E-state index in [2.05, 4.69) is 0 Å². The van der Waals surface area contributed by atoms with Crippen molar-refractivity contribution in [3.8, 4) is 5.75 Å². The van der Waals surface area contributed by atoms with Gasteiger partial charge in [-0.25, -0.2) is 5.06 Å². The highest BCUT2D eigenvalue weighted by Crippen LogP contribution is 2.20. The molecule has 0 spiro atoms. The summed E-state index contributed by atoms with van der Waals surface area (Å²) in [7, 11) is 1.29. The molecule has 0 aliphatic heterocycles. The standard InChI is InChI=1S/C15H15NO3/c1-16(18)15(17)13-9-5-6-10-14(13)19-11-12-7-3-2-4-8-12/h2-10,18H,11H2,1H3. The van der Waals surface area contributed by atoms with Gasteiger partial charge in [-0.05, 0) is 17.7 Å². The van der Waals surface area contributed by atoms with Gasteiger partial charge in [0.15, 0.2) is 0 Å². The highest BCUT2D eigenvalue weighted by atomic mass is 16.5. The van der Waals surface area contributed by atoms with Crippen molar-refractivity contribution in [3.63, 3.8) is 0 Å². The van der Waals surface area contributed by atoms with Crippen molar-refractivity contribution in [2.45, 2.75) is 6.61 Å². The molecule has 0 aliphatic rings. The van der Waals surface area contributed by atoms with Gasteiger partial charge in [-0.15, -0.1) is 0 Å². The Morgan fingerprint density at radius 2 is 1.74 bits per heavy atom. The second kappa shape index (κ2) is 6.02. The third-order valence-corrected chi connectivity index (χ3v) is 2.65. The number of nitrogens with zero attached hydrogens (tertiary/aromatic N) is 1. The van der Waals surface area contributed by atoms with Crippen molar-refractivity contribution in [3.05, 3.63) is 65.7 Å². The Kier molecular flexibility index (Phi) is 4.15. The van der Waals surface area contributed by atoms with E-state index in [1.54, 1.807) is 24.3 Å². The summed E-state index contributed by atoms with van der Waals surface area (Å²) >= 11 is 0. The fourth-order valence-electron chi connectivity index (χ4n) is 1.68. The first-order valence-corrected chi connectivity index (χ1v) is 5.91. The van der Waals surface area contributed by atoms with Crippen LogP contribution >= 0.6 is 0 Å². The van der Waals surface area contributed by atoms with E-state index in [4.69, 9.17) is 4.74 Å². The second-order valence-electron chi connectivity index (χ2n) is 4.10. The number of hydrogen-bond donors (Lipinski definition) is 1. The second-order valence-corrected chi connectivity index (χ2v) is 4.10. The van der Waals surface area contributed by atoms with Crippen LogP contribution in [-0.2, 0) is 6.61 Å². The van der Waals surface area contributed by atoms with E-state index in [0.717, 1.165) is 5.56 Å². The monoisotopic (exact) mass is 257 g/mol. The van der Waals surface area contributed by atoms with E-state index >= 15 is 0 Å². The molecule has 0 bridgehead atoms. The summed E-state index contributed by atoms with van der Waals surface area (Å²) in [5.41, 5.74) is 1.35. The fourth-order valence-corrected chi connectivity index (χ4v) is 1.68. The lowest BCUT2D eigenvalue weighted by atomic mass is 10.2. The molecule has 0 saturated carbocycles. The molecule has 0 saturated heterocycles. The number of carbonyl (C=O) groups is 1. The predicted octanol–water partition coefficient (Wildman–Crippen LogP) is 2.73. The number of hydrogen-bond acceptors (Lipinski definition) is 3. The van der Waals surface area contributed by atoms with Crippen molar-refractivity contribution in [2.24, 2.45) is 0 Å². The average molecular weight is 257 g/mol. The Morgan fingerprint density at radius 1 is 1.11 bits per heavy atom. The Labute approximate surface area is 111 Å². The maximum Gasteiger partial charge on any atom is 0.280 e. The highest BCUT2D eigenvalue weighted by Gasteiger charge is 2.14. The molecule has 1 amide bonds. The Bertz CT molecular complexity index is 552. The van der Waals surface area contributed by atoms with Crippen LogP contribution < -0.4 is 4.74 Å². The van der Waals surface area contributed by atoms with Crippen molar-refractivity contribution < 1.29 is 14.7 Å². The topological polar surface area (TPSA) is 49.8 Å². The molecule has 0 aliphatic carbocycles. The maximum absolute atomic E-state index is 11.8. The highest BCUT2D eigenvalue weighted by molar-refractivity contribution is 5.96. The van der Waals surface area contributed by atoms with Crippen LogP contribution in [0, 0.1) is 0 Å². The van der Waals surface area contributed by atoms with Gasteiger partial charge in [0.1, 0.15) is 12.4 Å². The van der Waals surface area contributed by atoms with Gasteiger partial charge < -0.3 is 4.74 Å². The molecular weight excluding hydrogens is 242 g/mol. The first kappa shape index (κ1) is 13.1. The van der Waals surface area contributed by atoms with E-state index in [1.165, 1.54) is 7.05 Å². The molecule has 19 heavy (non-hydrogen) atoms. The lowest BCUT2D eigenvalue weighted by Crippen LogP contribution is -2.23. The van der Waals surface area contributed by atoms with Crippen molar-refractivity contribution in [1.82, 2.24) is 5.06 Å². The molecule has 0 radical (unpaired) electrons. The van der Waals surface area contributed by atoms with Crippen LogP contribution in [0.5, 0.6) is 5.75 Å². The van der Waals surface area contributed by atoms with Crippen LogP contribution in [0.25, 0.3) is 0 Å². The Morgan fingerprint density at radius 3 is 2.42 bits per heavy atom. The summed E-state index contributed by atoms with van der Waals surface area (Å²) in [5.74, 6) is -0.0408. The number of benzene rings is 2. The zero-order chi connectivity index (χ0) is 13.7. The summed E-state index contributed by atoms with van der Waals surface area (Å²) in [4.78, 5) is 11.8. The number of amides is 1. The van der Waals surface area contributed by atoms with E-state index in [0.29, 0.717) is 23.0 Å². The molecule has 0 atom stereocenters. The number of ether oxygens (including phenoxy) is 1. The largest absolute Gasteiger partial charge is 0.488 e. The van der Waals surface area contributed by atoms with Crippen LogP contribution in [0.2, 0.25) is 0 Å². The Balaban J connectivity index is 2.14. The third-order valence-electron chi connectivity index (χ3n) is 2.65. The minimum absolute atomic E-state index is 0.337. The molecule has 1 N–H and O–H groups in total. The number of carbonyl (C=O) groups excluding carboxylic acids is 1. The summed E-state index contributed by atoms with van der Waals surface area (Å²) in [5, 5.41) is 9.76. The summed E-state index contributed by atoms with van der Waals surface area (Å²) in [6, 6.07) is 16.5. The van der Waals surface area contributed by atoms with E-state index in [-0.39, 0.29) is 0 Å². The quantitative estimate of drug-likeness (QED) is 0.676. The number of para-hydroxylation sites is 1. The molecule has 0 aromatic heterocycles. The molecular formula is C15H15NO3. The molecule has 4 heteroatoms. The molecule has 2 aromatic rings. The molecule has 98 valence electrons. The summed E-state index contributed by atoms with van der Waals surface area (Å²) in [6.45, 7) is 0.375. The normalized spacial score (nSPS) is 10.0. The molecule has 0 fully saturated rings. The van der Waals surface area contributed by atoms with E-state index < -0.39 is 5.91 Å².